The van der Waals surface area contributed by atoms with Crippen molar-refractivity contribution in [3.8, 4) is 11.5 Å². The molecule has 0 aliphatic rings. The van der Waals surface area contributed by atoms with E-state index in [1.807, 2.05) is 16.8 Å². The molecule has 0 radical (unpaired) electrons. The lowest BCUT2D eigenvalue weighted by atomic mass is 10.2. The van der Waals surface area contributed by atoms with E-state index in [-0.39, 0.29) is 17.9 Å². The Balaban J connectivity index is 1.70. The molecule has 1 N–H and O–H groups in total. The van der Waals surface area contributed by atoms with E-state index in [9.17, 15) is 13.6 Å². The van der Waals surface area contributed by atoms with Gasteiger partial charge in [0.25, 0.3) is 6.43 Å². The van der Waals surface area contributed by atoms with Crippen molar-refractivity contribution < 1.29 is 18.0 Å². The molecule has 0 atom stereocenters. The van der Waals surface area contributed by atoms with E-state index in [1.54, 1.807) is 13.0 Å². The maximum atomic E-state index is 12.7. The van der Waals surface area contributed by atoms with Gasteiger partial charge in [-0.15, -0.1) is 0 Å². The van der Waals surface area contributed by atoms with E-state index in [0.29, 0.717) is 23.0 Å². The molecule has 0 saturated heterocycles. The number of amides is 1. The number of carbonyl (C=O) groups is 1. The molecule has 0 fully saturated rings. The summed E-state index contributed by atoms with van der Waals surface area (Å²) in [5, 5.41) is 6.43. The summed E-state index contributed by atoms with van der Waals surface area (Å²) in [6.07, 6.45) is -2.56. The fourth-order valence-corrected chi connectivity index (χ4v) is 2.84. The van der Waals surface area contributed by atoms with E-state index >= 15 is 0 Å². The first-order chi connectivity index (χ1) is 11.5. The predicted octanol–water partition coefficient (Wildman–Crippen LogP) is 4.83. The predicted molar refractivity (Wildman–Crippen MR) is 88.3 cm³/mol. The van der Waals surface area contributed by atoms with Crippen molar-refractivity contribution in [3.63, 3.8) is 0 Å². The fourth-order valence-electron chi connectivity index (χ4n) is 2.21. The number of hydrogen-bond acceptors (Lipinski definition) is 4. The average Bonchev–Trinajstić information content (AvgIpc) is 3.18. The van der Waals surface area contributed by atoms with E-state index in [1.165, 1.54) is 29.5 Å². The Morgan fingerprint density at radius 3 is 2.92 bits per heavy atom. The summed E-state index contributed by atoms with van der Waals surface area (Å²) in [6, 6.07) is 7.50. The van der Waals surface area contributed by atoms with Crippen LogP contribution in [0.5, 0.6) is 0 Å². The second kappa shape index (κ2) is 6.92. The molecule has 2 aromatic heterocycles. The van der Waals surface area contributed by atoms with Crippen LogP contribution in [0.2, 0.25) is 0 Å². The third-order valence-electron chi connectivity index (χ3n) is 3.41. The Bertz CT molecular complexity index is 844. The molecule has 124 valence electrons. The minimum absolute atomic E-state index is 0.0123. The fraction of sp³-hybridized carbons (Fsp3) is 0.176. The Morgan fingerprint density at radius 1 is 1.38 bits per heavy atom. The number of nitrogens with one attached hydrogen (secondary N) is 1. The van der Waals surface area contributed by atoms with Crippen molar-refractivity contribution in [2.24, 2.45) is 0 Å². The summed E-state index contributed by atoms with van der Waals surface area (Å²) in [5.41, 5.74) is 1.58. The number of carbonyl (C=O) groups excluding carboxylic acids is 1. The number of nitrogens with zero attached hydrogens (tertiary/aromatic N) is 1. The van der Waals surface area contributed by atoms with Crippen LogP contribution in [0.4, 0.5) is 14.5 Å². The van der Waals surface area contributed by atoms with Crippen molar-refractivity contribution in [1.82, 2.24) is 4.98 Å². The van der Waals surface area contributed by atoms with Crippen LogP contribution < -0.4 is 5.32 Å². The first-order valence-corrected chi connectivity index (χ1v) is 8.14. The van der Waals surface area contributed by atoms with E-state index < -0.39 is 6.43 Å². The summed E-state index contributed by atoms with van der Waals surface area (Å²) >= 11 is 1.53. The molecule has 3 rings (SSSR count). The molecule has 24 heavy (non-hydrogen) atoms. The van der Waals surface area contributed by atoms with Crippen LogP contribution in [0.25, 0.3) is 11.5 Å². The molecule has 0 saturated carbocycles. The van der Waals surface area contributed by atoms with Gasteiger partial charge in [-0.1, -0.05) is 12.1 Å². The van der Waals surface area contributed by atoms with Gasteiger partial charge in [-0.2, -0.15) is 11.3 Å². The molecule has 3 aromatic rings. The minimum Gasteiger partial charge on any atom is -0.441 e. The number of aryl methyl sites for hydroxylation is 1. The molecule has 7 heteroatoms. The molecule has 0 aliphatic carbocycles. The standard InChI is InChI=1S/C17H14F2N2O2S/c1-10-14(21-17(23-10)12-5-6-24-9-12)8-15(22)20-13-4-2-3-11(7-13)16(18)19/h2-7,9,16H,8H2,1H3,(H,20,22). The molecule has 0 unspecified atom stereocenters. The van der Waals surface area contributed by atoms with Gasteiger partial charge >= 0.3 is 0 Å². The highest BCUT2D eigenvalue weighted by Gasteiger charge is 2.15. The molecular formula is C17H14F2N2O2S. The monoisotopic (exact) mass is 348 g/mol. The first kappa shape index (κ1) is 16.3. The number of halogens is 2. The van der Waals surface area contributed by atoms with Gasteiger partial charge in [0.1, 0.15) is 5.76 Å². The molecule has 0 bridgehead atoms. The van der Waals surface area contributed by atoms with Crippen LogP contribution in [0.1, 0.15) is 23.4 Å². The molecule has 0 aliphatic heterocycles. The summed E-state index contributed by atoms with van der Waals surface area (Å²) in [6.45, 7) is 1.74. The minimum atomic E-state index is -2.58. The summed E-state index contributed by atoms with van der Waals surface area (Å²) < 4.78 is 31.0. The second-order valence-electron chi connectivity index (χ2n) is 5.19. The molecule has 2 heterocycles. The Labute approximate surface area is 141 Å². The van der Waals surface area contributed by atoms with Crippen LogP contribution in [0.3, 0.4) is 0 Å². The molecule has 1 aromatic carbocycles. The topological polar surface area (TPSA) is 55.1 Å². The van der Waals surface area contributed by atoms with Crippen molar-refractivity contribution in [2.45, 2.75) is 19.8 Å². The smallest absolute Gasteiger partial charge is 0.263 e. The molecule has 0 spiro atoms. The lowest BCUT2D eigenvalue weighted by molar-refractivity contribution is -0.115. The van der Waals surface area contributed by atoms with E-state index in [0.717, 1.165) is 5.56 Å². The first-order valence-electron chi connectivity index (χ1n) is 7.20. The third-order valence-corrected chi connectivity index (χ3v) is 4.09. The molecule has 1 amide bonds. The van der Waals surface area contributed by atoms with Crippen LogP contribution >= 0.6 is 11.3 Å². The van der Waals surface area contributed by atoms with Gasteiger partial charge < -0.3 is 9.73 Å². The van der Waals surface area contributed by atoms with Crippen LogP contribution in [-0.2, 0) is 11.2 Å². The number of thiophene rings is 1. The van der Waals surface area contributed by atoms with Crippen molar-refractivity contribution in [1.29, 1.82) is 0 Å². The largest absolute Gasteiger partial charge is 0.441 e. The van der Waals surface area contributed by atoms with Gasteiger partial charge in [0.2, 0.25) is 11.8 Å². The van der Waals surface area contributed by atoms with E-state index in [4.69, 9.17) is 4.42 Å². The SMILES string of the molecule is Cc1oc(-c2ccsc2)nc1CC(=O)Nc1cccc(C(F)F)c1. The normalized spacial score (nSPS) is 11.0. The lowest BCUT2D eigenvalue weighted by Gasteiger charge is -2.06. The zero-order chi connectivity index (χ0) is 17.1. The maximum Gasteiger partial charge on any atom is 0.263 e. The maximum absolute atomic E-state index is 12.7. The van der Waals surface area contributed by atoms with Crippen LogP contribution in [-0.4, -0.2) is 10.9 Å². The van der Waals surface area contributed by atoms with Gasteiger partial charge in [-0.25, -0.2) is 13.8 Å². The van der Waals surface area contributed by atoms with Crippen molar-refractivity contribution >= 4 is 22.9 Å². The van der Waals surface area contributed by atoms with Crippen molar-refractivity contribution in [3.05, 3.63) is 58.1 Å². The Morgan fingerprint density at radius 2 is 2.21 bits per heavy atom. The zero-order valence-electron chi connectivity index (χ0n) is 12.8. The summed E-state index contributed by atoms with van der Waals surface area (Å²) in [7, 11) is 0. The van der Waals surface area contributed by atoms with E-state index in [2.05, 4.69) is 10.3 Å². The molecule has 4 nitrogen and oxygen atoms in total. The quantitative estimate of drug-likeness (QED) is 0.718. The van der Waals surface area contributed by atoms with Crippen molar-refractivity contribution in [2.75, 3.05) is 5.32 Å². The number of hydrogen-bond donors (Lipinski definition) is 1. The highest BCUT2D eigenvalue weighted by Crippen LogP contribution is 2.25. The number of rotatable bonds is 5. The van der Waals surface area contributed by atoms with Crippen LogP contribution in [0, 0.1) is 6.92 Å². The Kier molecular flexibility index (Phi) is 4.71. The average molecular weight is 348 g/mol. The van der Waals surface area contributed by atoms with Gasteiger partial charge in [0, 0.05) is 22.2 Å². The Hall–Kier alpha value is -2.54. The number of benzene rings is 1. The van der Waals surface area contributed by atoms with Gasteiger partial charge in [0.05, 0.1) is 12.1 Å². The number of alkyl halides is 2. The number of oxazole rings is 1. The van der Waals surface area contributed by atoms with Gasteiger partial charge in [-0.3, -0.25) is 4.79 Å². The zero-order valence-corrected chi connectivity index (χ0v) is 13.6. The third kappa shape index (κ3) is 3.68. The van der Waals surface area contributed by atoms with Gasteiger partial charge in [0.15, 0.2) is 0 Å². The highest BCUT2D eigenvalue weighted by molar-refractivity contribution is 7.08. The highest BCUT2D eigenvalue weighted by atomic mass is 32.1. The lowest BCUT2D eigenvalue weighted by Crippen LogP contribution is -2.15. The van der Waals surface area contributed by atoms with Gasteiger partial charge in [-0.05, 0) is 30.5 Å². The number of aromatic nitrogens is 1. The summed E-state index contributed by atoms with van der Waals surface area (Å²) in [5.74, 6) is 0.693. The number of anilines is 1. The van der Waals surface area contributed by atoms with Crippen LogP contribution in [0.15, 0.2) is 45.5 Å². The second-order valence-corrected chi connectivity index (χ2v) is 5.97. The molecular weight excluding hydrogens is 334 g/mol. The summed E-state index contributed by atoms with van der Waals surface area (Å²) in [4.78, 5) is 16.5.